The number of hydrogen-bond donors (Lipinski definition) is 1. The first-order valence-electron chi connectivity index (χ1n) is 8.96. The molecule has 0 aromatic heterocycles. The maximum Gasteiger partial charge on any atom is 0.236 e. The molecular formula is C17H33N3O. The minimum Gasteiger partial charge on any atom is -0.339 e. The Balaban J connectivity index is 1.83. The Bertz CT molecular complexity index is 313. The van der Waals surface area contributed by atoms with Crippen LogP contribution in [0.1, 0.15) is 58.3 Å². The second-order valence-electron chi connectivity index (χ2n) is 6.79. The Labute approximate surface area is 130 Å². The molecular weight excluding hydrogens is 262 g/mol. The van der Waals surface area contributed by atoms with E-state index in [0.29, 0.717) is 24.4 Å². The second-order valence-corrected chi connectivity index (χ2v) is 6.79. The fourth-order valence-corrected chi connectivity index (χ4v) is 4.08. The van der Waals surface area contributed by atoms with Crippen LogP contribution in [-0.4, -0.2) is 54.5 Å². The van der Waals surface area contributed by atoms with Gasteiger partial charge in [-0.1, -0.05) is 19.3 Å². The molecule has 2 fully saturated rings. The van der Waals surface area contributed by atoms with Crippen LogP contribution in [-0.2, 0) is 4.79 Å². The molecule has 1 aliphatic carbocycles. The third kappa shape index (κ3) is 4.96. The fraction of sp³-hybridized carbons (Fsp3) is 0.941. The Hall–Kier alpha value is -0.610. The number of nitrogens with zero attached hydrogens (tertiary/aromatic N) is 2. The van der Waals surface area contributed by atoms with Gasteiger partial charge in [0.2, 0.25) is 5.91 Å². The molecule has 0 bridgehead atoms. The summed E-state index contributed by atoms with van der Waals surface area (Å²) in [5, 5.41) is 0. The first-order chi connectivity index (χ1) is 10.2. The second kappa shape index (κ2) is 8.74. The van der Waals surface area contributed by atoms with Crippen LogP contribution in [0.15, 0.2) is 0 Å². The van der Waals surface area contributed by atoms with Crippen molar-refractivity contribution in [3.63, 3.8) is 0 Å². The van der Waals surface area contributed by atoms with Crippen molar-refractivity contribution in [1.29, 1.82) is 0 Å². The van der Waals surface area contributed by atoms with Gasteiger partial charge >= 0.3 is 0 Å². The standard InChI is InChI=1S/C17H33N3O/c1-2-20(16-8-4-3-5-9-16)17(21)14-19-12-6-7-15(13-19)10-11-18/h15-16H,2-14,18H2,1H3. The summed E-state index contributed by atoms with van der Waals surface area (Å²) in [5.41, 5.74) is 5.68. The zero-order chi connectivity index (χ0) is 15.1. The molecule has 1 saturated carbocycles. The monoisotopic (exact) mass is 295 g/mol. The third-order valence-electron chi connectivity index (χ3n) is 5.21. The molecule has 1 saturated heterocycles. The van der Waals surface area contributed by atoms with Crippen molar-refractivity contribution in [1.82, 2.24) is 9.80 Å². The van der Waals surface area contributed by atoms with Crippen molar-refractivity contribution in [2.24, 2.45) is 11.7 Å². The Morgan fingerprint density at radius 2 is 1.95 bits per heavy atom. The quantitative estimate of drug-likeness (QED) is 0.817. The number of carbonyl (C=O) groups excluding carboxylic acids is 1. The van der Waals surface area contributed by atoms with Crippen LogP contribution >= 0.6 is 0 Å². The average molecular weight is 295 g/mol. The van der Waals surface area contributed by atoms with Gasteiger partial charge in [-0.25, -0.2) is 0 Å². The summed E-state index contributed by atoms with van der Waals surface area (Å²) >= 11 is 0. The summed E-state index contributed by atoms with van der Waals surface area (Å²) in [7, 11) is 0. The van der Waals surface area contributed by atoms with Gasteiger partial charge in [-0.05, 0) is 58.0 Å². The van der Waals surface area contributed by atoms with Crippen molar-refractivity contribution >= 4 is 5.91 Å². The van der Waals surface area contributed by atoms with Crippen molar-refractivity contribution in [3.8, 4) is 0 Å². The van der Waals surface area contributed by atoms with Gasteiger partial charge < -0.3 is 10.6 Å². The topological polar surface area (TPSA) is 49.6 Å². The summed E-state index contributed by atoms with van der Waals surface area (Å²) in [6, 6.07) is 0.501. The maximum absolute atomic E-state index is 12.7. The molecule has 0 aromatic carbocycles. The lowest BCUT2D eigenvalue weighted by molar-refractivity contribution is -0.135. The number of carbonyl (C=O) groups is 1. The van der Waals surface area contributed by atoms with Crippen molar-refractivity contribution in [3.05, 3.63) is 0 Å². The molecule has 1 aliphatic heterocycles. The number of amides is 1. The lowest BCUT2D eigenvalue weighted by Crippen LogP contribution is -2.48. The molecule has 2 aliphatic rings. The van der Waals surface area contributed by atoms with Gasteiger partial charge in [-0.3, -0.25) is 9.69 Å². The maximum atomic E-state index is 12.7. The summed E-state index contributed by atoms with van der Waals surface area (Å²) in [6.45, 7) is 6.52. The predicted molar refractivity (Wildman–Crippen MR) is 87.1 cm³/mol. The zero-order valence-corrected chi connectivity index (χ0v) is 13.7. The molecule has 4 heteroatoms. The first-order valence-corrected chi connectivity index (χ1v) is 8.96. The fourth-order valence-electron chi connectivity index (χ4n) is 4.08. The van der Waals surface area contributed by atoms with E-state index in [1.165, 1.54) is 44.9 Å². The van der Waals surface area contributed by atoms with E-state index in [9.17, 15) is 4.79 Å². The highest BCUT2D eigenvalue weighted by Crippen LogP contribution is 2.23. The Morgan fingerprint density at radius 1 is 1.19 bits per heavy atom. The van der Waals surface area contributed by atoms with Gasteiger partial charge in [0.15, 0.2) is 0 Å². The normalized spacial score (nSPS) is 25.0. The van der Waals surface area contributed by atoms with E-state index in [0.717, 1.165) is 32.6 Å². The SMILES string of the molecule is CCN(C(=O)CN1CCCC(CCN)C1)C1CCCCC1. The van der Waals surface area contributed by atoms with Crippen molar-refractivity contribution < 1.29 is 4.79 Å². The van der Waals surface area contributed by atoms with Gasteiger partial charge in [0.25, 0.3) is 0 Å². The van der Waals surface area contributed by atoms with E-state index in [4.69, 9.17) is 5.73 Å². The molecule has 2 N–H and O–H groups in total. The van der Waals surface area contributed by atoms with E-state index < -0.39 is 0 Å². The van der Waals surface area contributed by atoms with Crippen LogP contribution in [0, 0.1) is 5.92 Å². The highest BCUT2D eigenvalue weighted by Gasteiger charge is 2.27. The van der Waals surface area contributed by atoms with Gasteiger partial charge in [0.1, 0.15) is 0 Å². The molecule has 1 amide bonds. The van der Waals surface area contributed by atoms with E-state index >= 15 is 0 Å². The number of nitrogens with two attached hydrogens (primary N) is 1. The van der Waals surface area contributed by atoms with Gasteiger partial charge in [0.05, 0.1) is 6.54 Å². The summed E-state index contributed by atoms with van der Waals surface area (Å²) in [6.07, 6.45) is 9.92. The summed E-state index contributed by atoms with van der Waals surface area (Å²) < 4.78 is 0. The predicted octanol–water partition coefficient (Wildman–Crippen LogP) is 2.23. The van der Waals surface area contributed by atoms with Crippen LogP contribution in [0.25, 0.3) is 0 Å². The highest BCUT2D eigenvalue weighted by molar-refractivity contribution is 5.78. The number of hydrogen-bond acceptors (Lipinski definition) is 3. The van der Waals surface area contributed by atoms with Crippen molar-refractivity contribution in [2.75, 3.05) is 32.7 Å². The smallest absolute Gasteiger partial charge is 0.236 e. The van der Waals surface area contributed by atoms with Crippen LogP contribution in [0.5, 0.6) is 0 Å². The molecule has 122 valence electrons. The molecule has 1 atom stereocenters. The van der Waals surface area contributed by atoms with E-state index in [2.05, 4.69) is 16.7 Å². The minimum absolute atomic E-state index is 0.345. The lowest BCUT2D eigenvalue weighted by Gasteiger charge is -2.37. The number of piperidine rings is 1. The molecule has 0 aromatic rings. The van der Waals surface area contributed by atoms with Gasteiger partial charge in [-0.15, -0.1) is 0 Å². The van der Waals surface area contributed by atoms with E-state index in [1.54, 1.807) is 0 Å². The van der Waals surface area contributed by atoms with Crippen molar-refractivity contribution in [2.45, 2.75) is 64.3 Å². The molecule has 0 radical (unpaired) electrons. The van der Waals surface area contributed by atoms with Crippen LogP contribution in [0.4, 0.5) is 0 Å². The van der Waals surface area contributed by atoms with Crippen LogP contribution in [0.2, 0.25) is 0 Å². The largest absolute Gasteiger partial charge is 0.339 e. The average Bonchev–Trinajstić information content (AvgIpc) is 2.50. The molecule has 4 nitrogen and oxygen atoms in total. The summed E-state index contributed by atoms with van der Waals surface area (Å²) in [4.78, 5) is 17.2. The van der Waals surface area contributed by atoms with Crippen LogP contribution < -0.4 is 5.73 Å². The zero-order valence-electron chi connectivity index (χ0n) is 13.7. The van der Waals surface area contributed by atoms with Gasteiger partial charge in [-0.2, -0.15) is 0 Å². The number of rotatable bonds is 6. The lowest BCUT2D eigenvalue weighted by atomic mass is 9.93. The minimum atomic E-state index is 0.345. The summed E-state index contributed by atoms with van der Waals surface area (Å²) in [5.74, 6) is 1.04. The van der Waals surface area contributed by atoms with Gasteiger partial charge in [0, 0.05) is 19.1 Å². The molecule has 0 spiro atoms. The van der Waals surface area contributed by atoms with E-state index in [1.807, 2.05) is 0 Å². The van der Waals surface area contributed by atoms with Crippen LogP contribution in [0.3, 0.4) is 0 Å². The third-order valence-corrected chi connectivity index (χ3v) is 5.21. The molecule has 1 unspecified atom stereocenters. The molecule has 1 heterocycles. The molecule has 21 heavy (non-hydrogen) atoms. The van der Waals surface area contributed by atoms with E-state index in [-0.39, 0.29) is 0 Å². The highest BCUT2D eigenvalue weighted by atomic mass is 16.2. The first kappa shape index (κ1) is 16.8. The Morgan fingerprint density at radius 3 is 2.62 bits per heavy atom. The Kier molecular flexibility index (Phi) is 6.97. The number of likely N-dealkylation sites (tertiary alicyclic amines) is 1. The number of likely N-dealkylation sites (N-methyl/N-ethyl adjacent to an activating group) is 1. The molecule has 2 rings (SSSR count).